The molecular formula is C13H18O5. The fourth-order valence-corrected chi connectivity index (χ4v) is 1.57. The molecule has 0 amide bonds. The molecule has 0 bridgehead atoms. The zero-order chi connectivity index (χ0) is 13.5. The molecule has 1 aromatic carbocycles. The van der Waals surface area contributed by atoms with Crippen LogP contribution in [0.5, 0.6) is 11.5 Å². The van der Waals surface area contributed by atoms with E-state index in [2.05, 4.69) is 0 Å². The van der Waals surface area contributed by atoms with Crippen molar-refractivity contribution in [2.75, 3.05) is 7.11 Å². The van der Waals surface area contributed by atoms with Crippen molar-refractivity contribution in [1.29, 1.82) is 0 Å². The lowest BCUT2D eigenvalue weighted by molar-refractivity contribution is -0.145. The van der Waals surface area contributed by atoms with Gasteiger partial charge in [0.05, 0.1) is 13.7 Å². The van der Waals surface area contributed by atoms with E-state index >= 15 is 0 Å². The third-order valence-electron chi connectivity index (χ3n) is 2.53. The Morgan fingerprint density at radius 1 is 1.44 bits per heavy atom. The van der Waals surface area contributed by atoms with Gasteiger partial charge in [-0.05, 0) is 24.6 Å². The second kappa shape index (κ2) is 6.86. The largest absolute Gasteiger partial charge is 0.497 e. The molecule has 2 N–H and O–H groups in total. The maximum absolute atomic E-state index is 11.0. The summed E-state index contributed by atoms with van der Waals surface area (Å²) in [6, 6.07) is 4.90. The standard InChI is InChI=1S/C13H18O5/c1-3-4-12(13(15)16)18-11-6-5-10(17-2)7-9(11)8-14/h5-7,12,14H,3-4,8H2,1-2H3,(H,15,16). The molecule has 1 unspecified atom stereocenters. The zero-order valence-electron chi connectivity index (χ0n) is 10.5. The Balaban J connectivity index is 2.91. The van der Waals surface area contributed by atoms with E-state index in [1.54, 1.807) is 18.2 Å². The summed E-state index contributed by atoms with van der Waals surface area (Å²) in [6.07, 6.45) is 0.238. The number of aliphatic hydroxyl groups is 1. The summed E-state index contributed by atoms with van der Waals surface area (Å²) in [5, 5.41) is 18.3. The molecule has 0 aliphatic rings. The molecule has 5 nitrogen and oxygen atoms in total. The molecule has 100 valence electrons. The minimum Gasteiger partial charge on any atom is -0.497 e. The van der Waals surface area contributed by atoms with Crippen molar-refractivity contribution in [3.05, 3.63) is 23.8 Å². The van der Waals surface area contributed by atoms with Crippen molar-refractivity contribution in [3.8, 4) is 11.5 Å². The number of rotatable bonds is 7. The van der Waals surface area contributed by atoms with E-state index in [4.69, 9.17) is 14.6 Å². The number of aliphatic carboxylic acids is 1. The maximum atomic E-state index is 11.0. The van der Waals surface area contributed by atoms with Crippen molar-refractivity contribution in [2.24, 2.45) is 0 Å². The molecule has 5 heteroatoms. The van der Waals surface area contributed by atoms with Gasteiger partial charge in [-0.2, -0.15) is 0 Å². The topological polar surface area (TPSA) is 76.0 Å². The third-order valence-corrected chi connectivity index (χ3v) is 2.53. The number of aliphatic hydroxyl groups excluding tert-OH is 1. The van der Waals surface area contributed by atoms with E-state index in [-0.39, 0.29) is 6.61 Å². The number of ether oxygens (including phenoxy) is 2. The van der Waals surface area contributed by atoms with Crippen LogP contribution in [0.15, 0.2) is 18.2 Å². The van der Waals surface area contributed by atoms with Crippen LogP contribution in [-0.4, -0.2) is 29.4 Å². The van der Waals surface area contributed by atoms with E-state index < -0.39 is 12.1 Å². The van der Waals surface area contributed by atoms with Crippen molar-refractivity contribution < 1.29 is 24.5 Å². The summed E-state index contributed by atoms with van der Waals surface area (Å²) in [5.74, 6) is -0.0375. The van der Waals surface area contributed by atoms with Crippen molar-refractivity contribution in [3.63, 3.8) is 0 Å². The molecule has 0 saturated carbocycles. The van der Waals surface area contributed by atoms with Crippen LogP contribution in [0.25, 0.3) is 0 Å². The van der Waals surface area contributed by atoms with Crippen LogP contribution in [0, 0.1) is 0 Å². The van der Waals surface area contributed by atoms with Gasteiger partial charge < -0.3 is 19.7 Å². The predicted octanol–water partition coefficient (Wildman–Crippen LogP) is 1.82. The van der Waals surface area contributed by atoms with Crippen LogP contribution in [0.1, 0.15) is 25.3 Å². The fourth-order valence-electron chi connectivity index (χ4n) is 1.57. The summed E-state index contributed by atoms with van der Waals surface area (Å²) in [5.41, 5.74) is 0.511. The van der Waals surface area contributed by atoms with E-state index in [1.807, 2.05) is 6.92 Å². The Bertz CT molecular complexity index is 402. The van der Waals surface area contributed by atoms with E-state index in [9.17, 15) is 9.90 Å². The van der Waals surface area contributed by atoms with Crippen molar-refractivity contribution >= 4 is 5.97 Å². The second-order valence-electron chi connectivity index (χ2n) is 3.87. The average molecular weight is 254 g/mol. The molecule has 18 heavy (non-hydrogen) atoms. The summed E-state index contributed by atoms with van der Waals surface area (Å²) in [7, 11) is 1.52. The lowest BCUT2D eigenvalue weighted by atomic mass is 10.1. The Morgan fingerprint density at radius 2 is 2.17 bits per heavy atom. The lowest BCUT2D eigenvalue weighted by Crippen LogP contribution is -2.27. The maximum Gasteiger partial charge on any atom is 0.344 e. The molecule has 0 heterocycles. The molecule has 0 fully saturated rings. The zero-order valence-corrected chi connectivity index (χ0v) is 10.5. The minimum absolute atomic E-state index is 0.231. The quantitative estimate of drug-likeness (QED) is 0.776. The monoisotopic (exact) mass is 254 g/mol. The number of benzene rings is 1. The normalized spacial score (nSPS) is 11.9. The first-order chi connectivity index (χ1) is 8.62. The predicted molar refractivity (Wildman–Crippen MR) is 65.9 cm³/mol. The average Bonchev–Trinajstić information content (AvgIpc) is 2.38. The van der Waals surface area contributed by atoms with Gasteiger partial charge in [0.25, 0.3) is 0 Å². The second-order valence-corrected chi connectivity index (χ2v) is 3.87. The summed E-state index contributed by atoms with van der Waals surface area (Å²) in [4.78, 5) is 11.0. The van der Waals surface area contributed by atoms with Crippen LogP contribution in [0.3, 0.4) is 0 Å². The highest BCUT2D eigenvalue weighted by Crippen LogP contribution is 2.25. The summed E-state index contributed by atoms with van der Waals surface area (Å²) >= 11 is 0. The van der Waals surface area contributed by atoms with Gasteiger partial charge in [-0.15, -0.1) is 0 Å². The molecular weight excluding hydrogens is 236 g/mol. The smallest absolute Gasteiger partial charge is 0.344 e. The van der Waals surface area contributed by atoms with Crippen molar-refractivity contribution in [2.45, 2.75) is 32.5 Å². The number of methoxy groups -OCH3 is 1. The van der Waals surface area contributed by atoms with Crippen LogP contribution in [0.4, 0.5) is 0 Å². The van der Waals surface area contributed by atoms with Crippen LogP contribution in [-0.2, 0) is 11.4 Å². The highest BCUT2D eigenvalue weighted by molar-refractivity contribution is 5.72. The number of hydrogen-bond donors (Lipinski definition) is 2. The Kier molecular flexibility index (Phi) is 5.45. The highest BCUT2D eigenvalue weighted by Gasteiger charge is 2.19. The molecule has 0 radical (unpaired) electrons. The molecule has 1 aromatic rings. The number of carbonyl (C=O) groups is 1. The number of carboxylic acid groups (broad SMARTS) is 1. The van der Waals surface area contributed by atoms with Gasteiger partial charge in [0.1, 0.15) is 11.5 Å². The highest BCUT2D eigenvalue weighted by atomic mass is 16.5. The Morgan fingerprint density at radius 3 is 2.67 bits per heavy atom. The van der Waals surface area contributed by atoms with Crippen LogP contribution >= 0.6 is 0 Å². The molecule has 0 aromatic heterocycles. The van der Waals surface area contributed by atoms with E-state index in [0.717, 1.165) is 0 Å². The molecule has 1 rings (SSSR count). The minimum atomic E-state index is -1.00. The fraction of sp³-hybridized carbons (Fsp3) is 0.462. The SMILES string of the molecule is CCCC(Oc1ccc(OC)cc1CO)C(=O)O. The van der Waals surface area contributed by atoms with E-state index in [1.165, 1.54) is 7.11 Å². The van der Waals surface area contributed by atoms with Gasteiger partial charge in [0, 0.05) is 5.56 Å². The van der Waals surface area contributed by atoms with Gasteiger partial charge in [-0.3, -0.25) is 0 Å². The third kappa shape index (κ3) is 3.63. The first-order valence-corrected chi connectivity index (χ1v) is 5.79. The summed E-state index contributed by atoms with van der Waals surface area (Å²) < 4.78 is 10.5. The Hall–Kier alpha value is -1.75. The van der Waals surface area contributed by atoms with E-state index in [0.29, 0.717) is 29.9 Å². The van der Waals surface area contributed by atoms with Gasteiger partial charge in [0.2, 0.25) is 0 Å². The van der Waals surface area contributed by atoms with Crippen LogP contribution in [0.2, 0.25) is 0 Å². The number of hydrogen-bond acceptors (Lipinski definition) is 4. The van der Waals surface area contributed by atoms with Crippen LogP contribution < -0.4 is 9.47 Å². The Labute approximate surface area is 106 Å². The molecule has 0 spiro atoms. The van der Waals surface area contributed by atoms with Gasteiger partial charge in [-0.25, -0.2) is 4.79 Å². The molecule has 0 saturated heterocycles. The molecule has 0 aliphatic heterocycles. The summed E-state index contributed by atoms with van der Waals surface area (Å²) in [6.45, 7) is 1.66. The van der Waals surface area contributed by atoms with Gasteiger partial charge >= 0.3 is 5.97 Å². The molecule has 1 atom stereocenters. The van der Waals surface area contributed by atoms with Gasteiger partial charge in [-0.1, -0.05) is 13.3 Å². The first kappa shape index (κ1) is 14.3. The molecule has 0 aliphatic carbocycles. The van der Waals surface area contributed by atoms with Gasteiger partial charge in [0.15, 0.2) is 6.10 Å². The van der Waals surface area contributed by atoms with Crippen molar-refractivity contribution in [1.82, 2.24) is 0 Å². The lowest BCUT2D eigenvalue weighted by Gasteiger charge is -2.17. The first-order valence-electron chi connectivity index (χ1n) is 5.79. The number of carboxylic acids is 1.